The summed E-state index contributed by atoms with van der Waals surface area (Å²) in [6.45, 7) is 7.63. The fraction of sp³-hybridized carbons (Fsp3) is 0.632. The van der Waals surface area contributed by atoms with Crippen molar-refractivity contribution in [3.8, 4) is 5.75 Å². The van der Waals surface area contributed by atoms with Crippen molar-refractivity contribution in [2.75, 3.05) is 45.7 Å². The molecule has 5 heteroatoms. The van der Waals surface area contributed by atoms with Gasteiger partial charge >= 0.3 is 0 Å². The normalized spacial score (nSPS) is 17.7. The molecular formula is C19H31N3O2. The number of amides is 1. The third kappa shape index (κ3) is 5.21. The smallest absolute Gasteiger partial charge is 0.241 e. The summed E-state index contributed by atoms with van der Waals surface area (Å²) in [5.41, 5.74) is 0.749. The van der Waals surface area contributed by atoms with E-state index in [0.29, 0.717) is 6.61 Å². The number of benzene rings is 1. The molecule has 1 aliphatic heterocycles. The zero-order valence-corrected chi connectivity index (χ0v) is 15.4. The highest BCUT2D eigenvalue weighted by Crippen LogP contribution is 2.25. The van der Waals surface area contributed by atoms with Crippen molar-refractivity contribution < 1.29 is 9.53 Å². The van der Waals surface area contributed by atoms with Gasteiger partial charge in [0.25, 0.3) is 0 Å². The van der Waals surface area contributed by atoms with Crippen molar-refractivity contribution in [1.82, 2.24) is 9.80 Å². The van der Waals surface area contributed by atoms with Crippen LogP contribution in [-0.4, -0.2) is 62.1 Å². The van der Waals surface area contributed by atoms with E-state index in [4.69, 9.17) is 4.74 Å². The molecule has 1 fully saturated rings. The lowest BCUT2D eigenvalue weighted by Crippen LogP contribution is -2.47. The molecule has 1 aromatic carbocycles. The van der Waals surface area contributed by atoms with E-state index >= 15 is 0 Å². The van der Waals surface area contributed by atoms with Crippen LogP contribution in [0.4, 0.5) is 5.69 Å². The minimum atomic E-state index is -0.125. The maximum atomic E-state index is 12.6. The monoisotopic (exact) mass is 333 g/mol. The summed E-state index contributed by atoms with van der Waals surface area (Å²) in [4.78, 5) is 17.1. The molecule has 0 aliphatic carbocycles. The first-order valence-corrected chi connectivity index (χ1v) is 8.92. The summed E-state index contributed by atoms with van der Waals surface area (Å²) in [7, 11) is 4.25. The molecular weight excluding hydrogens is 302 g/mol. The summed E-state index contributed by atoms with van der Waals surface area (Å²) in [6, 6.07) is 7.48. The molecule has 5 nitrogen and oxygen atoms in total. The number of anilines is 1. The van der Waals surface area contributed by atoms with E-state index in [-0.39, 0.29) is 11.9 Å². The highest BCUT2D eigenvalue weighted by atomic mass is 16.5. The molecule has 0 aromatic heterocycles. The van der Waals surface area contributed by atoms with Crippen LogP contribution in [0.5, 0.6) is 5.75 Å². The molecule has 0 bridgehead atoms. The number of nitrogens with one attached hydrogen (secondary N) is 1. The van der Waals surface area contributed by atoms with E-state index in [1.54, 1.807) is 0 Å². The topological polar surface area (TPSA) is 44.8 Å². The molecule has 1 heterocycles. The van der Waals surface area contributed by atoms with Crippen LogP contribution >= 0.6 is 0 Å². The summed E-state index contributed by atoms with van der Waals surface area (Å²) >= 11 is 0. The Morgan fingerprint density at radius 2 is 2.00 bits per heavy atom. The van der Waals surface area contributed by atoms with Crippen LogP contribution in [0.2, 0.25) is 0 Å². The predicted octanol–water partition coefficient (Wildman–Crippen LogP) is 2.69. The standard InChI is InChI=1S/C19H31N3O2/c1-5-24-18-9-7-6-8-17(18)20-19(23)15(2)22-12-10-16(11-13-22)14-21(3)4/h6-9,15-16H,5,10-14H2,1-4H3,(H,20,23). The van der Waals surface area contributed by atoms with Crippen LogP contribution in [0.15, 0.2) is 24.3 Å². The summed E-state index contributed by atoms with van der Waals surface area (Å²) in [5.74, 6) is 1.50. The molecule has 1 aromatic rings. The third-order valence-electron chi connectivity index (χ3n) is 4.64. The molecule has 0 saturated carbocycles. The maximum Gasteiger partial charge on any atom is 0.241 e. The molecule has 1 unspecified atom stereocenters. The Hall–Kier alpha value is -1.59. The average Bonchev–Trinajstić information content (AvgIpc) is 2.56. The lowest BCUT2D eigenvalue weighted by atomic mass is 9.95. The second-order valence-electron chi connectivity index (χ2n) is 6.84. The van der Waals surface area contributed by atoms with Crippen molar-refractivity contribution in [3.63, 3.8) is 0 Å². The molecule has 2 rings (SSSR count). The van der Waals surface area contributed by atoms with Gasteiger partial charge in [0.1, 0.15) is 5.75 Å². The van der Waals surface area contributed by atoms with Crippen LogP contribution < -0.4 is 10.1 Å². The van der Waals surface area contributed by atoms with Crippen molar-refractivity contribution in [1.29, 1.82) is 0 Å². The Bertz CT molecular complexity index is 525. The Morgan fingerprint density at radius 1 is 1.33 bits per heavy atom. The number of hydrogen-bond acceptors (Lipinski definition) is 4. The van der Waals surface area contributed by atoms with Gasteiger partial charge in [-0.25, -0.2) is 0 Å². The molecule has 1 N–H and O–H groups in total. The third-order valence-corrected chi connectivity index (χ3v) is 4.64. The van der Waals surface area contributed by atoms with E-state index in [9.17, 15) is 4.79 Å². The number of hydrogen-bond donors (Lipinski definition) is 1. The zero-order valence-electron chi connectivity index (χ0n) is 15.4. The lowest BCUT2D eigenvalue weighted by Gasteiger charge is -2.36. The lowest BCUT2D eigenvalue weighted by molar-refractivity contribution is -0.121. The van der Waals surface area contributed by atoms with Gasteiger partial charge in [0, 0.05) is 6.54 Å². The number of carbonyl (C=O) groups excluding carboxylic acids is 1. The van der Waals surface area contributed by atoms with Crippen molar-refractivity contribution in [3.05, 3.63) is 24.3 Å². The van der Waals surface area contributed by atoms with Gasteiger partial charge in [0.05, 0.1) is 18.3 Å². The van der Waals surface area contributed by atoms with E-state index in [1.165, 1.54) is 0 Å². The minimum absolute atomic E-state index is 0.0354. The van der Waals surface area contributed by atoms with Gasteiger partial charge in [-0.15, -0.1) is 0 Å². The van der Waals surface area contributed by atoms with Crippen molar-refractivity contribution >= 4 is 11.6 Å². The number of carbonyl (C=O) groups is 1. The number of para-hydroxylation sites is 2. The molecule has 0 spiro atoms. The van der Waals surface area contributed by atoms with E-state index in [2.05, 4.69) is 29.2 Å². The molecule has 1 atom stereocenters. The molecule has 0 radical (unpaired) electrons. The Kier molecular flexibility index (Phi) is 7.06. The molecule has 1 saturated heterocycles. The minimum Gasteiger partial charge on any atom is -0.492 e. The number of likely N-dealkylation sites (tertiary alicyclic amines) is 1. The van der Waals surface area contributed by atoms with E-state index in [1.807, 2.05) is 38.1 Å². The van der Waals surface area contributed by atoms with Crippen LogP contribution in [-0.2, 0) is 4.79 Å². The van der Waals surface area contributed by atoms with Gasteiger partial charge in [0.15, 0.2) is 0 Å². The quantitative estimate of drug-likeness (QED) is 0.833. The Morgan fingerprint density at radius 3 is 2.62 bits per heavy atom. The molecule has 1 amide bonds. The van der Waals surface area contributed by atoms with Gasteiger partial charge in [0.2, 0.25) is 5.91 Å². The van der Waals surface area contributed by atoms with Gasteiger partial charge in [-0.1, -0.05) is 12.1 Å². The Balaban J connectivity index is 1.89. The fourth-order valence-corrected chi connectivity index (χ4v) is 3.29. The van der Waals surface area contributed by atoms with E-state index in [0.717, 1.165) is 49.8 Å². The maximum absolute atomic E-state index is 12.6. The van der Waals surface area contributed by atoms with Gasteiger partial charge < -0.3 is 15.0 Å². The van der Waals surface area contributed by atoms with E-state index < -0.39 is 0 Å². The van der Waals surface area contributed by atoms with Crippen molar-refractivity contribution in [2.24, 2.45) is 5.92 Å². The first-order chi connectivity index (χ1) is 11.5. The molecule has 24 heavy (non-hydrogen) atoms. The first-order valence-electron chi connectivity index (χ1n) is 8.92. The van der Waals surface area contributed by atoms with Gasteiger partial charge in [-0.2, -0.15) is 0 Å². The fourth-order valence-electron chi connectivity index (χ4n) is 3.29. The predicted molar refractivity (Wildman–Crippen MR) is 98.6 cm³/mol. The summed E-state index contributed by atoms with van der Waals surface area (Å²) < 4.78 is 5.58. The second kappa shape index (κ2) is 9.04. The first kappa shape index (κ1) is 18.7. The highest BCUT2D eigenvalue weighted by Gasteiger charge is 2.27. The van der Waals surface area contributed by atoms with Gasteiger partial charge in [-0.05, 0) is 71.9 Å². The number of piperidine rings is 1. The van der Waals surface area contributed by atoms with Crippen LogP contribution in [0.3, 0.4) is 0 Å². The van der Waals surface area contributed by atoms with Crippen LogP contribution in [0.1, 0.15) is 26.7 Å². The summed E-state index contributed by atoms with van der Waals surface area (Å²) in [6.07, 6.45) is 2.32. The number of ether oxygens (including phenoxy) is 1. The SMILES string of the molecule is CCOc1ccccc1NC(=O)C(C)N1CCC(CN(C)C)CC1. The molecule has 134 valence electrons. The summed E-state index contributed by atoms with van der Waals surface area (Å²) in [5, 5.41) is 3.02. The molecule has 1 aliphatic rings. The van der Waals surface area contributed by atoms with Crippen molar-refractivity contribution in [2.45, 2.75) is 32.7 Å². The Labute approximate surface area is 146 Å². The zero-order chi connectivity index (χ0) is 17.5. The van der Waals surface area contributed by atoms with Gasteiger partial charge in [-0.3, -0.25) is 9.69 Å². The average molecular weight is 333 g/mol. The number of nitrogens with zero attached hydrogens (tertiary/aromatic N) is 2. The second-order valence-corrected chi connectivity index (χ2v) is 6.84. The van der Waals surface area contributed by atoms with Crippen LogP contribution in [0, 0.1) is 5.92 Å². The highest BCUT2D eigenvalue weighted by molar-refractivity contribution is 5.95. The number of rotatable bonds is 7. The van der Waals surface area contributed by atoms with Crippen LogP contribution in [0.25, 0.3) is 0 Å². The largest absolute Gasteiger partial charge is 0.492 e.